The summed E-state index contributed by atoms with van der Waals surface area (Å²) < 4.78 is 0. The first kappa shape index (κ1) is 14.3. The first-order chi connectivity index (χ1) is 8.65. The number of β-amino-alcohol motifs (C(OH)–C–C–N with tert-alkyl or cyclic N) is 1. The van der Waals surface area contributed by atoms with Crippen LogP contribution in [-0.4, -0.2) is 59.8 Å². The Morgan fingerprint density at radius 2 is 1.89 bits per heavy atom. The minimum Gasteiger partial charge on any atom is -0.392 e. The van der Waals surface area contributed by atoms with Gasteiger partial charge in [0.2, 0.25) is 0 Å². The van der Waals surface area contributed by atoms with Crippen LogP contribution in [0.4, 0.5) is 0 Å². The normalized spacial score (nSPS) is 30.5. The van der Waals surface area contributed by atoms with Crippen LogP contribution in [0.1, 0.15) is 46.0 Å². The summed E-state index contributed by atoms with van der Waals surface area (Å²) in [6.45, 7) is 9.83. The van der Waals surface area contributed by atoms with Crippen molar-refractivity contribution in [1.82, 2.24) is 9.80 Å². The molecule has 106 valence electrons. The highest BCUT2D eigenvalue weighted by Gasteiger charge is 2.26. The van der Waals surface area contributed by atoms with Gasteiger partial charge in [-0.2, -0.15) is 0 Å². The Balaban J connectivity index is 1.73. The molecule has 2 fully saturated rings. The van der Waals surface area contributed by atoms with Gasteiger partial charge in [-0.15, -0.1) is 0 Å². The first-order valence-electron chi connectivity index (χ1n) is 7.79. The lowest BCUT2D eigenvalue weighted by molar-refractivity contribution is 0.0368. The van der Waals surface area contributed by atoms with Crippen molar-refractivity contribution < 1.29 is 5.11 Å². The molecule has 1 aliphatic heterocycles. The molecule has 0 aromatic carbocycles. The Kier molecular flexibility index (Phi) is 5.46. The monoisotopic (exact) mass is 254 g/mol. The van der Waals surface area contributed by atoms with E-state index >= 15 is 0 Å². The molecule has 2 aliphatic rings. The van der Waals surface area contributed by atoms with Gasteiger partial charge in [-0.3, -0.25) is 4.90 Å². The maximum absolute atomic E-state index is 9.49. The van der Waals surface area contributed by atoms with Crippen LogP contribution in [-0.2, 0) is 0 Å². The SMILES string of the molecule is CC(O)CN1CCN(CC2CCCCC2)CC1C. The molecule has 1 saturated carbocycles. The van der Waals surface area contributed by atoms with Gasteiger partial charge in [0.05, 0.1) is 6.10 Å². The van der Waals surface area contributed by atoms with Gasteiger partial charge in [0, 0.05) is 38.8 Å². The number of nitrogens with zero attached hydrogens (tertiary/aromatic N) is 2. The average Bonchev–Trinajstić information content (AvgIpc) is 2.33. The number of hydrogen-bond acceptors (Lipinski definition) is 3. The zero-order valence-corrected chi connectivity index (χ0v) is 12.1. The molecular weight excluding hydrogens is 224 g/mol. The lowest BCUT2D eigenvalue weighted by atomic mass is 9.88. The van der Waals surface area contributed by atoms with Crippen molar-refractivity contribution in [2.75, 3.05) is 32.7 Å². The summed E-state index contributed by atoms with van der Waals surface area (Å²) in [5, 5.41) is 9.49. The van der Waals surface area contributed by atoms with Crippen LogP contribution in [0.3, 0.4) is 0 Å². The van der Waals surface area contributed by atoms with E-state index in [1.54, 1.807) is 0 Å². The van der Waals surface area contributed by atoms with E-state index in [-0.39, 0.29) is 6.10 Å². The smallest absolute Gasteiger partial charge is 0.0639 e. The van der Waals surface area contributed by atoms with Crippen LogP contribution >= 0.6 is 0 Å². The zero-order valence-electron chi connectivity index (χ0n) is 12.1. The van der Waals surface area contributed by atoms with Crippen molar-refractivity contribution in [3.05, 3.63) is 0 Å². The van der Waals surface area contributed by atoms with Gasteiger partial charge in [-0.1, -0.05) is 19.3 Å². The number of hydrogen-bond donors (Lipinski definition) is 1. The molecule has 2 unspecified atom stereocenters. The largest absolute Gasteiger partial charge is 0.392 e. The third kappa shape index (κ3) is 4.22. The Labute approximate surface area is 112 Å². The minimum atomic E-state index is -0.197. The van der Waals surface area contributed by atoms with E-state index in [1.807, 2.05) is 6.92 Å². The van der Waals surface area contributed by atoms with Crippen LogP contribution in [0, 0.1) is 5.92 Å². The van der Waals surface area contributed by atoms with E-state index in [0.717, 1.165) is 19.0 Å². The number of aliphatic hydroxyl groups excluding tert-OH is 1. The molecule has 0 spiro atoms. The number of piperazine rings is 1. The van der Waals surface area contributed by atoms with Gasteiger partial charge in [0.15, 0.2) is 0 Å². The van der Waals surface area contributed by atoms with Gasteiger partial charge in [0.25, 0.3) is 0 Å². The van der Waals surface area contributed by atoms with Crippen LogP contribution in [0.5, 0.6) is 0 Å². The fourth-order valence-corrected chi connectivity index (χ4v) is 3.58. The second-order valence-electron chi connectivity index (χ2n) is 6.46. The second-order valence-corrected chi connectivity index (χ2v) is 6.46. The lowest BCUT2D eigenvalue weighted by Crippen LogP contribution is -2.54. The second kappa shape index (κ2) is 6.88. The van der Waals surface area contributed by atoms with Crippen molar-refractivity contribution in [3.8, 4) is 0 Å². The molecule has 0 amide bonds. The fraction of sp³-hybridized carbons (Fsp3) is 1.00. The third-order valence-corrected chi connectivity index (χ3v) is 4.59. The molecule has 2 rings (SSSR count). The van der Waals surface area contributed by atoms with Gasteiger partial charge in [-0.25, -0.2) is 0 Å². The summed E-state index contributed by atoms with van der Waals surface area (Å²) in [6.07, 6.45) is 7.04. The minimum absolute atomic E-state index is 0.197. The molecule has 2 atom stereocenters. The molecule has 18 heavy (non-hydrogen) atoms. The van der Waals surface area contributed by atoms with Crippen molar-refractivity contribution in [1.29, 1.82) is 0 Å². The maximum atomic E-state index is 9.49. The number of aliphatic hydroxyl groups is 1. The molecule has 1 heterocycles. The highest BCUT2D eigenvalue weighted by Crippen LogP contribution is 2.25. The van der Waals surface area contributed by atoms with Crippen molar-refractivity contribution >= 4 is 0 Å². The average molecular weight is 254 g/mol. The summed E-state index contributed by atoms with van der Waals surface area (Å²) in [5.74, 6) is 0.953. The molecule has 0 aromatic heterocycles. The highest BCUT2D eigenvalue weighted by atomic mass is 16.3. The Hall–Kier alpha value is -0.120. The predicted octanol–water partition coefficient (Wildman–Crippen LogP) is 1.95. The quantitative estimate of drug-likeness (QED) is 0.831. The standard InChI is InChI=1S/C15H30N2O/c1-13-10-16(8-9-17(13)11-14(2)18)12-15-6-4-3-5-7-15/h13-15,18H,3-12H2,1-2H3. The summed E-state index contributed by atoms with van der Waals surface area (Å²) >= 11 is 0. The van der Waals surface area contributed by atoms with Crippen LogP contribution in [0.25, 0.3) is 0 Å². The van der Waals surface area contributed by atoms with Crippen molar-refractivity contribution in [2.24, 2.45) is 5.92 Å². The molecule has 0 bridgehead atoms. The maximum Gasteiger partial charge on any atom is 0.0639 e. The van der Waals surface area contributed by atoms with E-state index in [0.29, 0.717) is 6.04 Å². The van der Waals surface area contributed by atoms with Crippen molar-refractivity contribution in [2.45, 2.75) is 58.1 Å². The molecule has 1 N–H and O–H groups in total. The van der Waals surface area contributed by atoms with Crippen molar-refractivity contribution in [3.63, 3.8) is 0 Å². The zero-order chi connectivity index (χ0) is 13.0. The third-order valence-electron chi connectivity index (χ3n) is 4.59. The highest BCUT2D eigenvalue weighted by molar-refractivity contribution is 4.82. The van der Waals surface area contributed by atoms with Crippen LogP contribution in [0.15, 0.2) is 0 Å². The first-order valence-corrected chi connectivity index (χ1v) is 7.79. The molecule has 0 aromatic rings. The predicted molar refractivity (Wildman–Crippen MR) is 75.7 cm³/mol. The summed E-state index contributed by atoms with van der Waals surface area (Å²) in [7, 11) is 0. The van der Waals surface area contributed by atoms with E-state index in [2.05, 4.69) is 16.7 Å². The fourth-order valence-electron chi connectivity index (χ4n) is 3.58. The Bertz CT molecular complexity index is 239. The summed E-state index contributed by atoms with van der Waals surface area (Å²) in [6, 6.07) is 0.594. The van der Waals surface area contributed by atoms with Gasteiger partial charge >= 0.3 is 0 Å². The van der Waals surface area contributed by atoms with E-state index < -0.39 is 0 Å². The molecule has 1 saturated heterocycles. The topological polar surface area (TPSA) is 26.7 Å². The van der Waals surface area contributed by atoms with E-state index in [1.165, 1.54) is 51.7 Å². The molecule has 0 radical (unpaired) electrons. The van der Waals surface area contributed by atoms with Crippen LogP contribution in [0.2, 0.25) is 0 Å². The summed E-state index contributed by atoms with van der Waals surface area (Å²) in [4.78, 5) is 5.08. The van der Waals surface area contributed by atoms with E-state index in [9.17, 15) is 5.11 Å². The molecule has 3 nitrogen and oxygen atoms in total. The van der Waals surface area contributed by atoms with Gasteiger partial charge in [0.1, 0.15) is 0 Å². The number of rotatable bonds is 4. The lowest BCUT2D eigenvalue weighted by Gasteiger charge is -2.42. The van der Waals surface area contributed by atoms with Gasteiger partial charge in [-0.05, 0) is 32.6 Å². The van der Waals surface area contributed by atoms with Crippen LogP contribution < -0.4 is 0 Å². The Morgan fingerprint density at radius 3 is 2.50 bits per heavy atom. The summed E-state index contributed by atoms with van der Waals surface area (Å²) in [5.41, 5.74) is 0. The van der Waals surface area contributed by atoms with Gasteiger partial charge < -0.3 is 10.0 Å². The molecule has 3 heteroatoms. The molecular formula is C15H30N2O. The molecule has 1 aliphatic carbocycles. The Morgan fingerprint density at radius 1 is 1.17 bits per heavy atom. The van der Waals surface area contributed by atoms with E-state index in [4.69, 9.17) is 0 Å².